The molecule has 0 fully saturated rings. The number of nitrogens with zero attached hydrogens (tertiary/aromatic N) is 1. The second-order valence-corrected chi connectivity index (χ2v) is 4.78. The second-order valence-electron chi connectivity index (χ2n) is 4.78. The van der Waals surface area contributed by atoms with Crippen LogP contribution in [-0.2, 0) is 6.42 Å². The Morgan fingerprint density at radius 3 is 2.63 bits per heavy atom. The summed E-state index contributed by atoms with van der Waals surface area (Å²) in [5.74, 6) is 0.885. The number of anilines is 1. The first-order chi connectivity index (χ1) is 9.19. The zero-order valence-corrected chi connectivity index (χ0v) is 12.2. The van der Waals surface area contributed by atoms with Gasteiger partial charge in [-0.1, -0.05) is 13.8 Å². The van der Waals surface area contributed by atoms with Gasteiger partial charge in [0, 0.05) is 23.3 Å². The van der Waals surface area contributed by atoms with Gasteiger partial charge in [0.05, 0.1) is 12.6 Å². The van der Waals surface area contributed by atoms with Gasteiger partial charge < -0.3 is 10.1 Å². The molecule has 2 rings (SSSR count). The maximum absolute atomic E-state index is 5.36. The van der Waals surface area contributed by atoms with Crippen LogP contribution in [0.5, 0.6) is 5.75 Å². The molecular formula is C16H22N2O. The summed E-state index contributed by atoms with van der Waals surface area (Å²) in [6, 6.07) is 6.25. The molecule has 102 valence electrons. The average molecular weight is 258 g/mol. The molecule has 0 bridgehead atoms. The minimum absolute atomic E-state index is 0.885. The summed E-state index contributed by atoms with van der Waals surface area (Å²) < 4.78 is 5.36. The second kappa shape index (κ2) is 5.91. The topological polar surface area (TPSA) is 34.2 Å². The molecule has 1 aromatic heterocycles. The smallest absolute Gasteiger partial charge is 0.119 e. The van der Waals surface area contributed by atoms with E-state index in [9.17, 15) is 0 Å². The molecule has 3 heteroatoms. The number of hydrogen-bond acceptors (Lipinski definition) is 3. The molecule has 0 spiro atoms. The molecule has 2 aromatic rings. The van der Waals surface area contributed by atoms with Crippen LogP contribution in [0.1, 0.15) is 31.5 Å². The number of aryl methyl sites for hydroxylation is 2. The van der Waals surface area contributed by atoms with Crippen molar-refractivity contribution in [3.8, 4) is 5.75 Å². The molecular weight excluding hydrogens is 236 g/mol. The summed E-state index contributed by atoms with van der Waals surface area (Å²) in [6.45, 7) is 7.36. The Balaban J connectivity index is 2.64. The van der Waals surface area contributed by atoms with Gasteiger partial charge in [-0.2, -0.15) is 0 Å². The highest BCUT2D eigenvalue weighted by Gasteiger charge is 2.09. The van der Waals surface area contributed by atoms with E-state index in [-0.39, 0.29) is 0 Å². The van der Waals surface area contributed by atoms with Crippen LogP contribution >= 0.6 is 0 Å². The van der Waals surface area contributed by atoms with Crippen molar-refractivity contribution in [1.29, 1.82) is 0 Å². The molecule has 19 heavy (non-hydrogen) atoms. The third-order valence-corrected chi connectivity index (χ3v) is 3.29. The number of methoxy groups -OCH3 is 1. The third kappa shape index (κ3) is 2.80. The molecule has 0 saturated carbocycles. The largest absolute Gasteiger partial charge is 0.497 e. The SMILES string of the molecule is CCCNc1cc(CC)nc2c(C)cc(OC)cc12. The van der Waals surface area contributed by atoms with E-state index in [1.807, 2.05) is 6.07 Å². The third-order valence-electron chi connectivity index (χ3n) is 3.29. The van der Waals surface area contributed by atoms with E-state index >= 15 is 0 Å². The van der Waals surface area contributed by atoms with Gasteiger partial charge in [0.15, 0.2) is 0 Å². The van der Waals surface area contributed by atoms with Gasteiger partial charge >= 0.3 is 0 Å². The summed E-state index contributed by atoms with van der Waals surface area (Å²) in [7, 11) is 1.70. The molecule has 1 aromatic carbocycles. The minimum atomic E-state index is 0.885. The summed E-state index contributed by atoms with van der Waals surface area (Å²) in [5.41, 5.74) is 4.51. The highest BCUT2D eigenvalue weighted by molar-refractivity contribution is 5.94. The van der Waals surface area contributed by atoms with E-state index in [0.29, 0.717) is 0 Å². The van der Waals surface area contributed by atoms with E-state index in [2.05, 4.69) is 38.2 Å². The summed E-state index contributed by atoms with van der Waals surface area (Å²) in [4.78, 5) is 4.74. The maximum Gasteiger partial charge on any atom is 0.119 e. The summed E-state index contributed by atoms with van der Waals surface area (Å²) in [6.07, 6.45) is 2.05. The quantitative estimate of drug-likeness (QED) is 0.882. The van der Waals surface area contributed by atoms with Gasteiger partial charge in [-0.05, 0) is 43.5 Å². The number of benzene rings is 1. The molecule has 1 N–H and O–H groups in total. The Labute approximate surface area is 115 Å². The van der Waals surface area contributed by atoms with E-state index in [1.165, 1.54) is 0 Å². The summed E-state index contributed by atoms with van der Waals surface area (Å²) in [5, 5.41) is 4.64. The van der Waals surface area contributed by atoms with Crippen molar-refractivity contribution in [2.75, 3.05) is 19.0 Å². The van der Waals surface area contributed by atoms with Crippen molar-refractivity contribution in [3.05, 3.63) is 29.5 Å². The monoisotopic (exact) mass is 258 g/mol. The molecule has 1 heterocycles. The fourth-order valence-corrected chi connectivity index (χ4v) is 2.23. The zero-order chi connectivity index (χ0) is 13.8. The lowest BCUT2D eigenvalue weighted by molar-refractivity contribution is 0.415. The van der Waals surface area contributed by atoms with Crippen LogP contribution in [0.2, 0.25) is 0 Å². The lowest BCUT2D eigenvalue weighted by atomic mass is 10.1. The van der Waals surface area contributed by atoms with Gasteiger partial charge in [0.1, 0.15) is 5.75 Å². The van der Waals surface area contributed by atoms with Crippen molar-refractivity contribution in [2.45, 2.75) is 33.6 Å². The van der Waals surface area contributed by atoms with Crippen LogP contribution in [0.4, 0.5) is 5.69 Å². The molecule has 0 aliphatic heterocycles. The average Bonchev–Trinajstić information content (AvgIpc) is 2.44. The van der Waals surface area contributed by atoms with Crippen LogP contribution in [0, 0.1) is 6.92 Å². The lowest BCUT2D eigenvalue weighted by Gasteiger charge is -2.13. The lowest BCUT2D eigenvalue weighted by Crippen LogP contribution is -2.03. The predicted molar refractivity (Wildman–Crippen MR) is 81.2 cm³/mol. The van der Waals surface area contributed by atoms with Crippen molar-refractivity contribution in [1.82, 2.24) is 4.98 Å². The van der Waals surface area contributed by atoms with Gasteiger partial charge in [-0.15, -0.1) is 0 Å². The number of fused-ring (bicyclic) bond motifs is 1. The highest BCUT2D eigenvalue weighted by Crippen LogP contribution is 2.30. The fourth-order valence-electron chi connectivity index (χ4n) is 2.23. The molecule has 0 aliphatic rings. The Morgan fingerprint density at radius 2 is 2.00 bits per heavy atom. The molecule has 0 aliphatic carbocycles. The van der Waals surface area contributed by atoms with Gasteiger partial charge in [0.2, 0.25) is 0 Å². The van der Waals surface area contributed by atoms with Crippen LogP contribution in [0.25, 0.3) is 10.9 Å². The Morgan fingerprint density at radius 1 is 1.21 bits per heavy atom. The van der Waals surface area contributed by atoms with Crippen molar-refractivity contribution < 1.29 is 4.74 Å². The number of hydrogen-bond donors (Lipinski definition) is 1. The van der Waals surface area contributed by atoms with E-state index in [1.54, 1.807) is 7.11 Å². The van der Waals surface area contributed by atoms with Crippen LogP contribution in [0.15, 0.2) is 18.2 Å². The van der Waals surface area contributed by atoms with Gasteiger partial charge in [0.25, 0.3) is 0 Å². The number of rotatable bonds is 5. The zero-order valence-electron chi connectivity index (χ0n) is 12.2. The van der Waals surface area contributed by atoms with Crippen LogP contribution < -0.4 is 10.1 Å². The first-order valence-corrected chi connectivity index (χ1v) is 6.91. The van der Waals surface area contributed by atoms with Crippen LogP contribution in [0.3, 0.4) is 0 Å². The molecule has 0 saturated heterocycles. The molecule has 3 nitrogen and oxygen atoms in total. The number of aromatic nitrogens is 1. The van der Waals surface area contributed by atoms with Crippen LogP contribution in [-0.4, -0.2) is 18.6 Å². The van der Waals surface area contributed by atoms with Crippen molar-refractivity contribution >= 4 is 16.6 Å². The standard InChI is InChI=1S/C16H22N2O/c1-5-7-17-15-9-12(6-2)18-16-11(3)8-13(19-4)10-14(15)16/h8-10H,5-7H2,1-4H3,(H,17,18). The Bertz CT molecular complexity index is 578. The van der Waals surface area contributed by atoms with E-state index in [0.717, 1.165) is 53.0 Å². The predicted octanol–water partition coefficient (Wildman–Crippen LogP) is 3.94. The van der Waals surface area contributed by atoms with Crippen molar-refractivity contribution in [2.24, 2.45) is 0 Å². The number of pyridine rings is 1. The molecule has 0 amide bonds. The van der Waals surface area contributed by atoms with Crippen molar-refractivity contribution in [3.63, 3.8) is 0 Å². The van der Waals surface area contributed by atoms with E-state index in [4.69, 9.17) is 9.72 Å². The van der Waals surface area contributed by atoms with E-state index < -0.39 is 0 Å². The van der Waals surface area contributed by atoms with Gasteiger partial charge in [-0.25, -0.2) is 0 Å². The van der Waals surface area contributed by atoms with Gasteiger partial charge in [-0.3, -0.25) is 4.98 Å². The maximum atomic E-state index is 5.36. The number of ether oxygens (including phenoxy) is 1. The Kier molecular flexibility index (Phi) is 4.25. The first-order valence-electron chi connectivity index (χ1n) is 6.91. The summed E-state index contributed by atoms with van der Waals surface area (Å²) >= 11 is 0. The minimum Gasteiger partial charge on any atom is -0.497 e. The Hall–Kier alpha value is -1.77. The molecule has 0 unspecified atom stereocenters. The normalized spacial score (nSPS) is 10.7. The number of nitrogens with one attached hydrogen (secondary N) is 1. The highest BCUT2D eigenvalue weighted by atomic mass is 16.5. The first kappa shape index (κ1) is 13.7. The molecule has 0 radical (unpaired) electrons. The molecule has 0 atom stereocenters. The fraction of sp³-hybridized carbons (Fsp3) is 0.438.